The highest BCUT2D eigenvalue weighted by Gasteiger charge is 2.27. The largest absolute Gasteiger partial charge is 0.346 e. The van der Waals surface area contributed by atoms with Gasteiger partial charge in [0.15, 0.2) is 5.82 Å². The number of carbonyl (C=O) groups is 1. The maximum Gasteiger partial charge on any atom is 0.223 e. The number of rotatable bonds is 4. The molecule has 1 aliphatic rings. The number of hydrogen-bond donors (Lipinski definition) is 1. The van der Waals surface area contributed by atoms with Crippen molar-refractivity contribution in [3.63, 3.8) is 0 Å². The van der Waals surface area contributed by atoms with Gasteiger partial charge in [-0.2, -0.15) is 4.68 Å². The van der Waals surface area contributed by atoms with Crippen LogP contribution in [0.15, 0.2) is 28.7 Å². The number of hydrogen-bond acceptors (Lipinski definition) is 4. The molecular formula is C14H16BrN5O. The molecule has 0 aliphatic heterocycles. The van der Waals surface area contributed by atoms with Gasteiger partial charge >= 0.3 is 0 Å². The second-order valence-electron chi connectivity index (χ2n) is 5.29. The lowest BCUT2D eigenvalue weighted by Gasteiger charge is -2.25. The predicted octanol–water partition coefficient (Wildman–Crippen LogP) is 2.40. The first-order valence-corrected chi connectivity index (χ1v) is 7.79. The molecule has 2 aromatic rings. The summed E-state index contributed by atoms with van der Waals surface area (Å²) >= 11 is 3.43. The van der Waals surface area contributed by atoms with Crippen LogP contribution in [0, 0.1) is 5.92 Å². The van der Waals surface area contributed by atoms with E-state index in [4.69, 9.17) is 0 Å². The van der Waals surface area contributed by atoms with Crippen molar-refractivity contribution in [1.82, 2.24) is 25.5 Å². The summed E-state index contributed by atoms with van der Waals surface area (Å²) < 4.78 is 2.60. The molecule has 1 aromatic heterocycles. The van der Waals surface area contributed by atoms with Gasteiger partial charge in [0.2, 0.25) is 5.91 Å². The standard InChI is InChI=1S/C14H16BrN5O/c1-9(16-14(21)10-4-2-5-10)13-17-18-19-20(13)12-7-3-6-11(15)8-12/h3,6-10H,2,4-5H2,1H3,(H,16,21). The molecule has 1 heterocycles. The Morgan fingerprint density at radius 2 is 2.29 bits per heavy atom. The lowest BCUT2D eigenvalue weighted by Crippen LogP contribution is -2.36. The molecule has 1 fully saturated rings. The third-order valence-electron chi connectivity index (χ3n) is 3.77. The van der Waals surface area contributed by atoms with E-state index in [1.54, 1.807) is 4.68 Å². The first-order chi connectivity index (χ1) is 10.1. The second kappa shape index (κ2) is 5.93. The van der Waals surface area contributed by atoms with Crippen molar-refractivity contribution in [1.29, 1.82) is 0 Å². The van der Waals surface area contributed by atoms with Gasteiger partial charge in [0.1, 0.15) is 0 Å². The lowest BCUT2D eigenvalue weighted by atomic mass is 9.84. The Kier molecular flexibility index (Phi) is 4.01. The Balaban J connectivity index is 1.79. The van der Waals surface area contributed by atoms with Crippen LogP contribution in [0.3, 0.4) is 0 Å². The molecule has 0 spiro atoms. The first kappa shape index (κ1) is 14.2. The molecule has 1 aromatic carbocycles. The van der Waals surface area contributed by atoms with E-state index in [1.807, 2.05) is 31.2 Å². The number of halogens is 1. The molecule has 1 amide bonds. The molecule has 0 bridgehead atoms. The van der Waals surface area contributed by atoms with E-state index in [0.29, 0.717) is 5.82 Å². The minimum atomic E-state index is -0.230. The van der Waals surface area contributed by atoms with Crippen molar-refractivity contribution in [2.24, 2.45) is 5.92 Å². The number of carbonyl (C=O) groups excluding carboxylic acids is 1. The van der Waals surface area contributed by atoms with Gasteiger partial charge in [-0.05, 0) is 48.4 Å². The number of nitrogens with zero attached hydrogens (tertiary/aromatic N) is 4. The van der Waals surface area contributed by atoms with Gasteiger partial charge in [-0.1, -0.05) is 28.4 Å². The average Bonchev–Trinajstić information content (AvgIpc) is 2.85. The molecule has 7 heteroatoms. The van der Waals surface area contributed by atoms with Crippen LogP contribution in [0.1, 0.15) is 38.1 Å². The summed E-state index contributed by atoms with van der Waals surface area (Å²) in [6.45, 7) is 1.90. The van der Waals surface area contributed by atoms with Crippen LogP contribution in [0.5, 0.6) is 0 Å². The van der Waals surface area contributed by atoms with Crippen molar-refractivity contribution >= 4 is 21.8 Å². The van der Waals surface area contributed by atoms with Crippen LogP contribution in [-0.4, -0.2) is 26.1 Å². The Labute approximate surface area is 131 Å². The number of nitrogens with one attached hydrogen (secondary N) is 1. The summed E-state index contributed by atoms with van der Waals surface area (Å²) in [6.07, 6.45) is 3.10. The van der Waals surface area contributed by atoms with Gasteiger partial charge in [-0.3, -0.25) is 4.79 Å². The summed E-state index contributed by atoms with van der Waals surface area (Å²) in [7, 11) is 0. The summed E-state index contributed by atoms with van der Waals surface area (Å²) in [5, 5.41) is 14.8. The van der Waals surface area contributed by atoms with Gasteiger partial charge in [0.05, 0.1) is 11.7 Å². The van der Waals surface area contributed by atoms with Crippen molar-refractivity contribution < 1.29 is 4.79 Å². The molecule has 1 saturated carbocycles. The fraction of sp³-hybridized carbons (Fsp3) is 0.429. The highest BCUT2D eigenvalue weighted by atomic mass is 79.9. The molecule has 1 atom stereocenters. The molecule has 0 saturated heterocycles. The maximum absolute atomic E-state index is 12.0. The molecule has 110 valence electrons. The third-order valence-corrected chi connectivity index (χ3v) is 4.26. The van der Waals surface area contributed by atoms with E-state index in [1.165, 1.54) is 0 Å². The quantitative estimate of drug-likeness (QED) is 0.919. The van der Waals surface area contributed by atoms with Gasteiger partial charge in [-0.25, -0.2) is 0 Å². The number of benzene rings is 1. The SMILES string of the molecule is CC(NC(=O)C1CCC1)c1nnnn1-c1cccc(Br)c1. The summed E-state index contributed by atoms with van der Waals surface area (Å²) in [4.78, 5) is 12.0. The lowest BCUT2D eigenvalue weighted by molar-refractivity contribution is -0.128. The molecule has 1 N–H and O–H groups in total. The topological polar surface area (TPSA) is 72.7 Å². The molecule has 0 radical (unpaired) electrons. The zero-order valence-electron chi connectivity index (χ0n) is 11.7. The van der Waals surface area contributed by atoms with Crippen LogP contribution in [0.4, 0.5) is 0 Å². The fourth-order valence-corrected chi connectivity index (χ4v) is 2.71. The molecule has 1 unspecified atom stereocenters. The van der Waals surface area contributed by atoms with Crippen LogP contribution in [-0.2, 0) is 4.79 Å². The van der Waals surface area contributed by atoms with Crippen LogP contribution >= 0.6 is 15.9 Å². The normalized spacial score (nSPS) is 16.3. The van der Waals surface area contributed by atoms with Crippen molar-refractivity contribution in [2.75, 3.05) is 0 Å². The fourth-order valence-electron chi connectivity index (χ4n) is 2.32. The van der Waals surface area contributed by atoms with E-state index in [2.05, 4.69) is 36.8 Å². The molecule has 21 heavy (non-hydrogen) atoms. The van der Waals surface area contributed by atoms with Gasteiger partial charge in [0, 0.05) is 10.4 Å². The van der Waals surface area contributed by atoms with E-state index < -0.39 is 0 Å². The Hall–Kier alpha value is -1.76. The van der Waals surface area contributed by atoms with Crippen LogP contribution < -0.4 is 5.32 Å². The molecule has 3 rings (SSSR count). The Bertz CT molecular complexity index is 652. The first-order valence-electron chi connectivity index (χ1n) is 7.00. The minimum Gasteiger partial charge on any atom is -0.346 e. The van der Waals surface area contributed by atoms with Crippen molar-refractivity contribution in [3.05, 3.63) is 34.6 Å². The third kappa shape index (κ3) is 2.97. The van der Waals surface area contributed by atoms with Gasteiger partial charge in [-0.15, -0.1) is 5.10 Å². The zero-order valence-corrected chi connectivity index (χ0v) is 13.2. The monoisotopic (exact) mass is 349 g/mol. The number of amides is 1. The summed E-state index contributed by atoms with van der Waals surface area (Å²) in [6, 6.07) is 7.48. The smallest absolute Gasteiger partial charge is 0.223 e. The Morgan fingerprint density at radius 1 is 1.48 bits per heavy atom. The van der Waals surface area contributed by atoms with Crippen LogP contribution in [0.2, 0.25) is 0 Å². The van der Waals surface area contributed by atoms with E-state index in [-0.39, 0.29) is 17.9 Å². The zero-order chi connectivity index (χ0) is 14.8. The van der Waals surface area contributed by atoms with E-state index >= 15 is 0 Å². The van der Waals surface area contributed by atoms with Gasteiger partial charge < -0.3 is 5.32 Å². The highest BCUT2D eigenvalue weighted by molar-refractivity contribution is 9.10. The van der Waals surface area contributed by atoms with E-state index in [9.17, 15) is 4.79 Å². The van der Waals surface area contributed by atoms with Gasteiger partial charge in [0.25, 0.3) is 0 Å². The number of aromatic nitrogens is 4. The van der Waals surface area contributed by atoms with Crippen LogP contribution in [0.25, 0.3) is 5.69 Å². The summed E-state index contributed by atoms with van der Waals surface area (Å²) in [5.74, 6) is 0.876. The summed E-state index contributed by atoms with van der Waals surface area (Å²) in [5.41, 5.74) is 0.856. The van der Waals surface area contributed by atoms with Crippen molar-refractivity contribution in [2.45, 2.75) is 32.2 Å². The maximum atomic E-state index is 12.0. The van der Waals surface area contributed by atoms with E-state index in [0.717, 1.165) is 29.4 Å². The molecule has 1 aliphatic carbocycles. The second-order valence-corrected chi connectivity index (χ2v) is 6.20. The average molecular weight is 350 g/mol. The number of tetrazole rings is 1. The highest BCUT2D eigenvalue weighted by Crippen LogP contribution is 2.27. The molecule has 6 nitrogen and oxygen atoms in total. The van der Waals surface area contributed by atoms with Crippen molar-refractivity contribution in [3.8, 4) is 5.69 Å². The predicted molar refractivity (Wildman–Crippen MR) is 80.8 cm³/mol. The molecular weight excluding hydrogens is 334 g/mol. The minimum absolute atomic E-state index is 0.0949. The Morgan fingerprint density at radius 3 is 2.95 bits per heavy atom.